The van der Waals surface area contributed by atoms with E-state index >= 15 is 0 Å². The molecule has 0 aliphatic rings. The summed E-state index contributed by atoms with van der Waals surface area (Å²) >= 11 is 6.05. The van der Waals surface area contributed by atoms with Crippen molar-refractivity contribution < 1.29 is 0 Å². The summed E-state index contributed by atoms with van der Waals surface area (Å²) in [6.45, 7) is 7.35. The van der Waals surface area contributed by atoms with Crippen molar-refractivity contribution in [2.24, 2.45) is 0 Å². The van der Waals surface area contributed by atoms with Gasteiger partial charge in [-0.2, -0.15) is 0 Å². The molecule has 0 aliphatic heterocycles. The number of fused-ring (bicyclic) bond motifs is 1. The molecule has 0 unspecified atom stereocenters. The topological polar surface area (TPSA) is 29.9 Å². The Bertz CT molecular complexity index is 533. The maximum atomic E-state index is 6.05. The van der Waals surface area contributed by atoms with E-state index in [1.165, 1.54) is 18.4 Å². The summed E-state index contributed by atoms with van der Waals surface area (Å²) in [5, 5.41) is 4.11. The first kappa shape index (κ1) is 14.4. The fourth-order valence-corrected chi connectivity index (χ4v) is 2.45. The second-order valence-corrected chi connectivity index (χ2v) is 5.21. The summed E-state index contributed by atoms with van der Waals surface area (Å²) in [4.78, 5) is 4.74. The van der Waals surface area contributed by atoms with Gasteiger partial charge in [0.05, 0.1) is 11.0 Å². The maximum absolute atomic E-state index is 6.05. The van der Waals surface area contributed by atoms with Crippen LogP contribution in [-0.4, -0.2) is 22.6 Å². The molecule has 0 saturated heterocycles. The van der Waals surface area contributed by atoms with Crippen LogP contribution in [0.3, 0.4) is 0 Å². The monoisotopic (exact) mass is 279 g/mol. The molecule has 0 aliphatic carbocycles. The van der Waals surface area contributed by atoms with Gasteiger partial charge in [-0.25, -0.2) is 4.98 Å². The van der Waals surface area contributed by atoms with E-state index in [9.17, 15) is 0 Å². The first-order chi connectivity index (χ1) is 9.26. The van der Waals surface area contributed by atoms with Gasteiger partial charge in [0.1, 0.15) is 5.82 Å². The first-order valence-corrected chi connectivity index (χ1v) is 7.49. The van der Waals surface area contributed by atoms with Gasteiger partial charge in [-0.15, -0.1) is 0 Å². The van der Waals surface area contributed by atoms with Gasteiger partial charge in [0.25, 0.3) is 0 Å². The minimum Gasteiger partial charge on any atom is -0.328 e. The highest BCUT2D eigenvalue weighted by molar-refractivity contribution is 6.31. The zero-order valence-corrected chi connectivity index (χ0v) is 12.5. The molecule has 2 aromatic rings. The van der Waals surface area contributed by atoms with Crippen LogP contribution < -0.4 is 5.32 Å². The van der Waals surface area contributed by atoms with Crippen LogP contribution in [0.4, 0.5) is 0 Å². The molecule has 1 aromatic carbocycles. The summed E-state index contributed by atoms with van der Waals surface area (Å²) < 4.78 is 2.34. The number of imidazole rings is 1. The van der Waals surface area contributed by atoms with Crippen molar-refractivity contribution in [3.63, 3.8) is 0 Å². The number of unbranched alkanes of at least 4 members (excludes halogenated alkanes) is 1. The highest BCUT2D eigenvalue weighted by Crippen LogP contribution is 2.21. The molecule has 0 saturated carbocycles. The summed E-state index contributed by atoms with van der Waals surface area (Å²) in [6.07, 6.45) is 3.34. The van der Waals surface area contributed by atoms with Crippen LogP contribution in [0.1, 0.15) is 32.5 Å². The molecule has 19 heavy (non-hydrogen) atoms. The summed E-state index contributed by atoms with van der Waals surface area (Å²) in [6, 6.07) is 5.98. The molecule has 1 N–H and O–H groups in total. The van der Waals surface area contributed by atoms with Gasteiger partial charge in [0.2, 0.25) is 0 Å². The molecule has 1 aromatic heterocycles. The Labute approximate surface area is 120 Å². The number of hydrogen-bond donors (Lipinski definition) is 1. The summed E-state index contributed by atoms with van der Waals surface area (Å²) in [5.41, 5.74) is 2.21. The summed E-state index contributed by atoms with van der Waals surface area (Å²) in [5.74, 6) is 1.16. The fourth-order valence-electron chi connectivity index (χ4n) is 2.29. The van der Waals surface area contributed by atoms with Gasteiger partial charge >= 0.3 is 0 Å². The van der Waals surface area contributed by atoms with E-state index in [0.29, 0.717) is 0 Å². The number of rotatable bonds is 7. The van der Waals surface area contributed by atoms with Crippen molar-refractivity contribution in [2.75, 3.05) is 13.1 Å². The number of nitrogens with one attached hydrogen (secondary N) is 1. The van der Waals surface area contributed by atoms with E-state index in [2.05, 4.69) is 29.8 Å². The number of aromatic nitrogens is 2. The van der Waals surface area contributed by atoms with Crippen molar-refractivity contribution in [1.82, 2.24) is 14.9 Å². The molecule has 0 atom stereocenters. The lowest BCUT2D eigenvalue weighted by Gasteiger charge is -2.08. The molecule has 0 spiro atoms. The van der Waals surface area contributed by atoms with Gasteiger partial charge in [-0.3, -0.25) is 0 Å². The molecule has 0 amide bonds. The predicted molar refractivity (Wildman–Crippen MR) is 81.9 cm³/mol. The largest absolute Gasteiger partial charge is 0.328 e. The lowest BCUT2D eigenvalue weighted by atomic mass is 10.3. The van der Waals surface area contributed by atoms with Crippen LogP contribution in [0.5, 0.6) is 0 Å². The molecular weight excluding hydrogens is 258 g/mol. The lowest BCUT2D eigenvalue weighted by molar-refractivity contribution is 0.600. The normalized spacial score (nSPS) is 11.3. The standard InChI is InChI=1S/C15H22ClN3/c1-3-5-10-19-14-7-6-12(16)11-13(14)18-15(19)8-9-17-4-2/h6-7,11,17H,3-5,8-10H2,1-2H3. The number of halogens is 1. The Morgan fingerprint density at radius 1 is 1.32 bits per heavy atom. The van der Waals surface area contributed by atoms with Gasteiger partial charge in [0.15, 0.2) is 0 Å². The average Bonchev–Trinajstić information content (AvgIpc) is 2.73. The Kier molecular flexibility index (Phi) is 5.23. The van der Waals surface area contributed by atoms with Crippen LogP contribution in [0, 0.1) is 0 Å². The zero-order chi connectivity index (χ0) is 13.7. The zero-order valence-electron chi connectivity index (χ0n) is 11.7. The Morgan fingerprint density at radius 3 is 2.89 bits per heavy atom. The van der Waals surface area contributed by atoms with Crippen LogP contribution in [0.2, 0.25) is 5.02 Å². The molecular formula is C15H22ClN3. The van der Waals surface area contributed by atoms with Crippen molar-refractivity contribution in [2.45, 2.75) is 39.7 Å². The molecule has 1 heterocycles. The van der Waals surface area contributed by atoms with E-state index < -0.39 is 0 Å². The van der Waals surface area contributed by atoms with Crippen LogP contribution in [-0.2, 0) is 13.0 Å². The number of nitrogens with zero attached hydrogens (tertiary/aromatic N) is 2. The average molecular weight is 280 g/mol. The Balaban J connectivity index is 2.30. The van der Waals surface area contributed by atoms with E-state index in [-0.39, 0.29) is 0 Å². The predicted octanol–water partition coefficient (Wildman–Crippen LogP) is 3.64. The van der Waals surface area contributed by atoms with Crippen LogP contribution in [0.25, 0.3) is 11.0 Å². The molecule has 0 fully saturated rings. The van der Waals surface area contributed by atoms with Gasteiger partial charge in [0, 0.05) is 24.5 Å². The molecule has 4 heteroatoms. The molecule has 104 valence electrons. The smallest absolute Gasteiger partial charge is 0.111 e. The molecule has 2 rings (SSSR count). The minimum absolute atomic E-state index is 0.755. The number of aryl methyl sites for hydroxylation is 1. The van der Waals surface area contributed by atoms with E-state index in [4.69, 9.17) is 16.6 Å². The highest BCUT2D eigenvalue weighted by Gasteiger charge is 2.10. The second kappa shape index (κ2) is 6.92. The molecule has 3 nitrogen and oxygen atoms in total. The highest BCUT2D eigenvalue weighted by atomic mass is 35.5. The number of benzene rings is 1. The third-order valence-corrected chi connectivity index (χ3v) is 3.54. The van der Waals surface area contributed by atoms with Crippen LogP contribution in [0.15, 0.2) is 18.2 Å². The van der Waals surface area contributed by atoms with Gasteiger partial charge in [-0.1, -0.05) is 31.9 Å². The quantitative estimate of drug-likeness (QED) is 0.784. The van der Waals surface area contributed by atoms with Gasteiger partial charge in [-0.05, 0) is 31.2 Å². The van der Waals surface area contributed by atoms with Crippen molar-refractivity contribution >= 4 is 22.6 Å². The van der Waals surface area contributed by atoms with Crippen molar-refractivity contribution in [3.8, 4) is 0 Å². The Hall–Kier alpha value is -1.06. The minimum atomic E-state index is 0.755. The fraction of sp³-hybridized carbons (Fsp3) is 0.533. The third kappa shape index (κ3) is 3.48. The maximum Gasteiger partial charge on any atom is 0.111 e. The SMILES string of the molecule is CCCCn1c(CCNCC)nc2cc(Cl)ccc21. The number of likely N-dealkylation sites (N-methyl/N-ethyl adjacent to an activating group) is 1. The summed E-state index contributed by atoms with van der Waals surface area (Å²) in [7, 11) is 0. The molecule has 0 radical (unpaired) electrons. The second-order valence-electron chi connectivity index (χ2n) is 4.77. The number of hydrogen-bond acceptors (Lipinski definition) is 2. The first-order valence-electron chi connectivity index (χ1n) is 7.11. The van der Waals surface area contributed by atoms with E-state index in [1.807, 2.05) is 12.1 Å². The lowest BCUT2D eigenvalue weighted by Crippen LogP contribution is -2.18. The Morgan fingerprint density at radius 2 is 2.16 bits per heavy atom. The van der Waals surface area contributed by atoms with E-state index in [1.54, 1.807) is 0 Å². The third-order valence-electron chi connectivity index (χ3n) is 3.30. The van der Waals surface area contributed by atoms with Crippen LogP contribution >= 0.6 is 11.6 Å². The van der Waals surface area contributed by atoms with Crippen molar-refractivity contribution in [3.05, 3.63) is 29.0 Å². The van der Waals surface area contributed by atoms with Crippen molar-refractivity contribution in [1.29, 1.82) is 0 Å². The van der Waals surface area contributed by atoms with Gasteiger partial charge < -0.3 is 9.88 Å². The molecule has 0 bridgehead atoms. The van der Waals surface area contributed by atoms with E-state index in [0.717, 1.165) is 42.4 Å².